The molecule has 0 atom stereocenters. The van der Waals surface area contributed by atoms with Crippen LogP contribution in [0.25, 0.3) is 33.8 Å². The Hall–Kier alpha value is -2.72. The summed E-state index contributed by atoms with van der Waals surface area (Å²) >= 11 is 1.65. The van der Waals surface area contributed by atoms with Crippen LogP contribution >= 0.6 is 11.3 Å². The van der Waals surface area contributed by atoms with Gasteiger partial charge in [0.2, 0.25) is 0 Å². The average molecular weight is 304 g/mol. The second-order valence-electron chi connectivity index (χ2n) is 5.02. The van der Waals surface area contributed by atoms with Gasteiger partial charge < -0.3 is 4.98 Å². The van der Waals surface area contributed by atoms with E-state index in [-0.39, 0.29) is 5.56 Å². The van der Waals surface area contributed by atoms with Gasteiger partial charge in [-0.25, -0.2) is 4.98 Å². The van der Waals surface area contributed by atoms with Crippen LogP contribution in [-0.4, -0.2) is 9.97 Å². The summed E-state index contributed by atoms with van der Waals surface area (Å²) in [6, 6.07) is 15.8. The maximum Gasteiger partial charge on any atom is 0.259 e. The van der Waals surface area contributed by atoms with E-state index in [1.807, 2.05) is 66.1 Å². The fraction of sp³-hybridized carbons (Fsp3) is 0. The normalized spacial score (nSPS) is 11.6. The van der Waals surface area contributed by atoms with Crippen LogP contribution < -0.4 is 5.56 Å². The van der Waals surface area contributed by atoms with Gasteiger partial charge in [-0.15, -0.1) is 11.3 Å². The van der Waals surface area contributed by atoms with Crippen LogP contribution in [0.5, 0.6) is 0 Å². The molecule has 0 amide bonds. The van der Waals surface area contributed by atoms with Crippen LogP contribution in [0, 0.1) is 0 Å². The van der Waals surface area contributed by atoms with E-state index in [9.17, 15) is 4.79 Å². The van der Waals surface area contributed by atoms with Crippen LogP contribution in [0.4, 0.5) is 0 Å². The van der Waals surface area contributed by atoms with E-state index in [0.29, 0.717) is 16.7 Å². The van der Waals surface area contributed by atoms with Crippen molar-refractivity contribution in [3.63, 3.8) is 0 Å². The van der Waals surface area contributed by atoms with Gasteiger partial charge in [-0.3, -0.25) is 4.79 Å². The molecule has 0 saturated carbocycles. The van der Waals surface area contributed by atoms with Crippen molar-refractivity contribution in [1.29, 1.82) is 0 Å². The van der Waals surface area contributed by atoms with Crippen molar-refractivity contribution in [2.24, 2.45) is 0 Å². The average Bonchev–Trinajstić information content (AvgIpc) is 3.05. The maximum atomic E-state index is 12.3. The zero-order chi connectivity index (χ0) is 14.9. The minimum atomic E-state index is -0.110. The Morgan fingerprint density at radius 2 is 1.82 bits per heavy atom. The summed E-state index contributed by atoms with van der Waals surface area (Å²) in [6.07, 6.45) is 3.79. The van der Waals surface area contributed by atoms with E-state index < -0.39 is 0 Å². The van der Waals surface area contributed by atoms with Crippen molar-refractivity contribution in [2.75, 3.05) is 0 Å². The topological polar surface area (TPSA) is 45.8 Å². The molecular weight excluding hydrogens is 292 g/mol. The lowest BCUT2D eigenvalue weighted by atomic mass is 10.1. The molecule has 1 N–H and O–H groups in total. The minimum absolute atomic E-state index is 0.110. The Morgan fingerprint density at radius 1 is 1.00 bits per heavy atom. The molecule has 2 aromatic carbocycles. The number of H-pyrrole nitrogens is 1. The quantitative estimate of drug-likeness (QED) is 0.561. The van der Waals surface area contributed by atoms with Crippen LogP contribution in [0.15, 0.2) is 58.7 Å². The van der Waals surface area contributed by atoms with Gasteiger partial charge in [-0.05, 0) is 46.5 Å². The number of hydrogen-bond donors (Lipinski definition) is 1. The molecule has 0 aliphatic heterocycles. The van der Waals surface area contributed by atoms with Gasteiger partial charge in [0, 0.05) is 4.88 Å². The minimum Gasteiger partial charge on any atom is -0.306 e. The molecule has 0 aliphatic carbocycles. The zero-order valence-corrected chi connectivity index (χ0v) is 12.4. The van der Waals surface area contributed by atoms with Crippen molar-refractivity contribution in [3.05, 3.63) is 75.0 Å². The Labute approximate surface area is 130 Å². The first-order chi connectivity index (χ1) is 10.8. The summed E-state index contributed by atoms with van der Waals surface area (Å²) in [5, 5.41) is 4.76. The molecule has 3 nitrogen and oxygen atoms in total. The molecule has 4 heteroatoms. The number of aromatic amines is 1. The van der Waals surface area contributed by atoms with Crippen molar-refractivity contribution in [3.8, 4) is 0 Å². The van der Waals surface area contributed by atoms with Gasteiger partial charge in [-0.1, -0.05) is 30.3 Å². The fourth-order valence-electron chi connectivity index (χ4n) is 2.47. The highest BCUT2D eigenvalue weighted by molar-refractivity contribution is 7.10. The lowest BCUT2D eigenvalue weighted by Crippen LogP contribution is -2.09. The molecule has 0 aliphatic rings. The number of hydrogen-bond acceptors (Lipinski definition) is 3. The number of nitrogens with one attached hydrogen (secondary N) is 1. The molecule has 2 heterocycles. The molecule has 0 spiro atoms. The first-order valence-electron chi connectivity index (χ1n) is 6.94. The predicted molar refractivity (Wildman–Crippen MR) is 93.1 cm³/mol. The molecule has 22 heavy (non-hydrogen) atoms. The zero-order valence-electron chi connectivity index (χ0n) is 11.6. The first-order valence-corrected chi connectivity index (χ1v) is 7.82. The van der Waals surface area contributed by atoms with E-state index in [1.54, 1.807) is 11.3 Å². The largest absolute Gasteiger partial charge is 0.306 e. The SMILES string of the molecule is O=c1[nH]c(/C=C/c2cccs2)nc2cc3ccccc3cc12. The number of fused-ring (bicyclic) bond motifs is 2. The highest BCUT2D eigenvalue weighted by Crippen LogP contribution is 2.19. The highest BCUT2D eigenvalue weighted by Gasteiger charge is 2.04. The second-order valence-corrected chi connectivity index (χ2v) is 6.00. The van der Waals surface area contributed by atoms with Crippen molar-refractivity contribution in [1.82, 2.24) is 9.97 Å². The smallest absolute Gasteiger partial charge is 0.259 e. The van der Waals surface area contributed by atoms with Gasteiger partial charge in [0.15, 0.2) is 0 Å². The molecule has 0 radical (unpaired) electrons. The molecule has 0 fully saturated rings. The van der Waals surface area contributed by atoms with Crippen molar-refractivity contribution >= 4 is 45.2 Å². The first kappa shape index (κ1) is 13.0. The van der Waals surface area contributed by atoms with Crippen LogP contribution in [0.3, 0.4) is 0 Å². The Bertz CT molecular complexity index is 1050. The third kappa shape index (κ3) is 2.34. The van der Waals surface area contributed by atoms with Crippen LogP contribution in [0.2, 0.25) is 0 Å². The summed E-state index contributed by atoms with van der Waals surface area (Å²) in [5.74, 6) is 0.571. The van der Waals surface area contributed by atoms with Gasteiger partial charge in [0.1, 0.15) is 5.82 Å². The molecule has 0 bridgehead atoms. The van der Waals surface area contributed by atoms with Gasteiger partial charge in [-0.2, -0.15) is 0 Å². The summed E-state index contributed by atoms with van der Waals surface area (Å²) in [4.78, 5) is 20.8. The standard InChI is InChI=1S/C18H12N2OS/c21-18-15-10-12-4-1-2-5-13(12)11-16(15)19-17(20-18)8-7-14-6-3-9-22-14/h1-11H,(H,19,20,21)/b8-7+. The molecule has 0 saturated heterocycles. The Morgan fingerprint density at radius 3 is 2.59 bits per heavy atom. The van der Waals surface area contributed by atoms with Gasteiger partial charge in [0.25, 0.3) is 5.56 Å². The van der Waals surface area contributed by atoms with Crippen molar-refractivity contribution in [2.45, 2.75) is 0 Å². The lowest BCUT2D eigenvalue weighted by molar-refractivity contribution is 1.14. The van der Waals surface area contributed by atoms with Crippen molar-refractivity contribution < 1.29 is 0 Å². The molecule has 0 unspecified atom stereocenters. The van der Waals surface area contributed by atoms with E-state index in [1.165, 1.54) is 0 Å². The van der Waals surface area contributed by atoms with Gasteiger partial charge in [0.05, 0.1) is 10.9 Å². The summed E-state index contributed by atoms with van der Waals surface area (Å²) in [7, 11) is 0. The van der Waals surface area contributed by atoms with E-state index in [0.717, 1.165) is 15.6 Å². The number of nitrogens with zero attached hydrogens (tertiary/aromatic N) is 1. The molecule has 4 aromatic rings. The number of thiophene rings is 1. The third-order valence-electron chi connectivity index (χ3n) is 3.54. The highest BCUT2D eigenvalue weighted by atomic mass is 32.1. The lowest BCUT2D eigenvalue weighted by Gasteiger charge is -2.02. The summed E-state index contributed by atoms with van der Waals surface area (Å²) < 4.78 is 0. The molecule has 106 valence electrons. The predicted octanol–water partition coefficient (Wildman–Crippen LogP) is 4.31. The summed E-state index contributed by atoms with van der Waals surface area (Å²) in [5.41, 5.74) is 0.606. The summed E-state index contributed by atoms with van der Waals surface area (Å²) in [6.45, 7) is 0. The van der Waals surface area contributed by atoms with E-state index in [2.05, 4.69) is 9.97 Å². The third-order valence-corrected chi connectivity index (χ3v) is 4.38. The number of rotatable bonds is 2. The number of aromatic nitrogens is 2. The molecular formula is C18H12N2OS. The second kappa shape index (κ2) is 5.24. The van der Waals surface area contributed by atoms with Crippen LogP contribution in [0.1, 0.15) is 10.7 Å². The number of benzene rings is 2. The maximum absolute atomic E-state index is 12.3. The van der Waals surface area contributed by atoms with Crippen LogP contribution in [-0.2, 0) is 0 Å². The van der Waals surface area contributed by atoms with Gasteiger partial charge >= 0.3 is 0 Å². The Kier molecular flexibility index (Phi) is 3.09. The Balaban J connectivity index is 1.88. The molecule has 4 rings (SSSR count). The fourth-order valence-corrected chi connectivity index (χ4v) is 3.09. The van der Waals surface area contributed by atoms with E-state index in [4.69, 9.17) is 0 Å². The monoisotopic (exact) mass is 304 g/mol. The van der Waals surface area contributed by atoms with E-state index >= 15 is 0 Å². The molecule has 2 aromatic heterocycles.